The van der Waals surface area contributed by atoms with Crippen LogP contribution in [0.25, 0.3) is 0 Å². The Balaban J connectivity index is 2.25. The van der Waals surface area contributed by atoms with Crippen molar-refractivity contribution in [3.05, 3.63) is 44.8 Å². The third-order valence-corrected chi connectivity index (χ3v) is 4.16. The monoisotopic (exact) mass is 252 g/mol. The molecule has 0 bridgehead atoms. The molecule has 0 spiro atoms. The highest BCUT2D eigenvalue weighted by atomic mass is 32.1. The molecule has 86 valence electrons. The van der Waals surface area contributed by atoms with Crippen LogP contribution in [0.5, 0.6) is 0 Å². The summed E-state index contributed by atoms with van der Waals surface area (Å²) in [6, 6.07) is 5.02. The Bertz CT molecular complexity index is 354. The van der Waals surface area contributed by atoms with Crippen molar-refractivity contribution in [2.75, 3.05) is 14.1 Å². The van der Waals surface area contributed by atoms with E-state index in [-0.39, 0.29) is 0 Å². The van der Waals surface area contributed by atoms with E-state index in [0.717, 1.165) is 0 Å². The summed E-state index contributed by atoms with van der Waals surface area (Å²) in [6.07, 6.45) is 0. The molecular formula is C12H16N2S2. The standard InChI is InChI=1S/C12H16N2S2/c1-13-11(9-3-5-15-7-9)12(14-2)10-4-6-16-8-10/h3-8,11-14H,1-2H3/t11-,12-/m1/s1. The maximum atomic E-state index is 3.39. The molecule has 2 N–H and O–H groups in total. The van der Waals surface area contributed by atoms with E-state index in [2.05, 4.69) is 44.3 Å². The zero-order valence-electron chi connectivity index (χ0n) is 9.44. The highest BCUT2D eigenvalue weighted by molar-refractivity contribution is 7.08. The highest BCUT2D eigenvalue weighted by Crippen LogP contribution is 2.30. The first-order valence-electron chi connectivity index (χ1n) is 5.25. The summed E-state index contributed by atoms with van der Waals surface area (Å²) < 4.78 is 0. The average Bonchev–Trinajstić information content (AvgIpc) is 2.97. The molecule has 2 aromatic heterocycles. The van der Waals surface area contributed by atoms with Gasteiger partial charge in [0.2, 0.25) is 0 Å². The molecule has 2 nitrogen and oxygen atoms in total. The van der Waals surface area contributed by atoms with Crippen LogP contribution in [0.3, 0.4) is 0 Å². The zero-order chi connectivity index (χ0) is 11.4. The molecule has 2 atom stereocenters. The molecule has 0 aliphatic heterocycles. The van der Waals surface area contributed by atoms with Crippen LogP contribution in [0.15, 0.2) is 33.7 Å². The van der Waals surface area contributed by atoms with Gasteiger partial charge in [-0.05, 0) is 58.9 Å². The molecular weight excluding hydrogens is 236 g/mol. The van der Waals surface area contributed by atoms with Crippen molar-refractivity contribution in [2.45, 2.75) is 12.1 Å². The Morgan fingerprint density at radius 1 is 0.875 bits per heavy atom. The third kappa shape index (κ3) is 2.35. The lowest BCUT2D eigenvalue weighted by Crippen LogP contribution is -2.31. The first-order chi connectivity index (χ1) is 7.86. The van der Waals surface area contributed by atoms with Crippen LogP contribution in [0, 0.1) is 0 Å². The molecule has 0 aliphatic rings. The molecule has 0 aliphatic carbocycles. The number of hydrogen-bond donors (Lipinski definition) is 2. The van der Waals surface area contributed by atoms with Gasteiger partial charge >= 0.3 is 0 Å². The molecule has 0 unspecified atom stereocenters. The molecule has 0 amide bonds. The van der Waals surface area contributed by atoms with Gasteiger partial charge in [0.05, 0.1) is 12.1 Å². The van der Waals surface area contributed by atoms with Gasteiger partial charge in [0, 0.05) is 0 Å². The molecule has 0 aromatic carbocycles. The predicted octanol–water partition coefficient (Wildman–Crippen LogP) is 3.03. The van der Waals surface area contributed by atoms with Crippen molar-refractivity contribution < 1.29 is 0 Å². The lowest BCUT2D eigenvalue weighted by atomic mass is 9.97. The second kappa shape index (κ2) is 5.59. The van der Waals surface area contributed by atoms with Crippen LogP contribution in [0.1, 0.15) is 23.2 Å². The van der Waals surface area contributed by atoms with E-state index in [4.69, 9.17) is 0 Å². The third-order valence-electron chi connectivity index (χ3n) is 2.76. The van der Waals surface area contributed by atoms with E-state index >= 15 is 0 Å². The minimum Gasteiger partial charge on any atom is -0.311 e. The van der Waals surface area contributed by atoms with Gasteiger partial charge in [-0.3, -0.25) is 0 Å². The second-order valence-electron chi connectivity index (χ2n) is 3.65. The largest absolute Gasteiger partial charge is 0.311 e. The van der Waals surface area contributed by atoms with Gasteiger partial charge in [-0.2, -0.15) is 22.7 Å². The van der Waals surface area contributed by atoms with Gasteiger partial charge in [0.15, 0.2) is 0 Å². The van der Waals surface area contributed by atoms with Gasteiger partial charge < -0.3 is 10.6 Å². The molecule has 4 heteroatoms. The Morgan fingerprint density at radius 2 is 1.31 bits per heavy atom. The Morgan fingerprint density at radius 3 is 1.56 bits per heavy atom. The van der Waals surface area contributed by atoms with Crippen LogP contribution in [-0.2, 0) is 0 Å². The summed E-state index contributed by atoms with van der Waals surface area (Å²) in [5.74, 6) is 0. The van der Waals surface area contributed by atoms with E-state index in [0.29, 0.717) is 12.1 Å². The SMILES string of the molecule is CN[C@H](c1ccsc1)[C@H](NC)c1ccsc1. The smallest absolute Gasteiger partial charge is 0.0524 e. The van der Waals surface area contributed by atoms with Crippen molar-refractivity contribution in [3.8, 4) is 0 Å². The minimum atomic E-state index is 0.325. The summed E-state index contributed by atoms with van der Waals surface area (Å²) in [7, 11) is 4.03. The van der Waals surface area contributed by atoms with Gasteiger partial charge in [-0.25, -0.2) is 0 Å². The molecule has 2 heterocycles. The minimum absolute atomic E-state index is 0.325. The topological polar surface area (TPSA) is 24.1 Å². The van der Waals surface area contributed by atoms with Crippen molar-refractivity contribution in [3.63, 3.8) is 0 Å². The summed E-state index contributed by atoms with van der Waals surface area (Å²) in [5, 5.41) is 15.4. The first-order valence-corrected chi connectivity index (χ1v) is 7.14. The molecule has 0 saturated heterocycles. The van der Waals surface area contributed by atoms with Gasteiger partial charge in [-0.1, -0.05) is 0 Å². The van der Waals surface area contributed by atoms with Crippen LogP contribution < -0.4 is 10.6 Å². The van der Waals surface area contributed by atoms with Crippen molar-refractivity contribution in [2.24, 2.45) is 0 Å². The Labute approximate surface area is 104 Å². The Kier molecular flexibility index (Phi) is 4.12. The lowest BCUT2D eigenvalue weighted by Gasteiger charge is -2.25. The summed E-state index contributed by atoms with van der Waals surface area (Å²) in [5.41, 5.74) is 2.69. The normalized spacial score (nSPS) is 14.9. The Hall–Kier alpha value is -0.680. The average molecular weight is 252 g/mol. The van der Waals surface area contributed by atoms with Crippen molar-refractivity contribution in [1.29, 1.82) is 0 Å². The van der Waals surface area contributed by atoms with Gasteiger partial charge in [0.25, 0.3) is 0 Å². The van der Waals surface area contributed by atoms with Crippen LogP contribution >= 0.6 is 22.7 Å². The molecule has 16 heavy (non-hydrogen) atoms. The molecule has 2 rings (SSSR count). The van der Waals surface area contributed by atoms with E-state index in [9.17, 15) is 0 Å². The van der Waals surface area contributed by atoms with Crippen LogP contribution in [0.2, 0.25) is 0 Å². The lowest BCUT2D eigenvalue weighted by molar-refractivity contribution is 0.434. The quantitative estimate of drug-likeness (QED) is 0.854. The van der Waals surface area contributed by atoms with E-state index in [1.807, 2.05) is 14.1 Å². The number of rotatable bonds is 5. The van der Waals surface area contributed by atoms with Crippen molar-refractivity contribution in [1.82, 2.24) is 10.6 Å². The zero-order valence-corrected chi connectivity index (χ0v) is 11.1. The molecule has 0 saturated carbocycles. The fourth-order valence-corrected chi connectivity index (χ4v) is 3.35. The van der Waals surface area contributed by atoms with E-state index < -0.39 is 0 Å². The van der Waals surface area contributed by atoms with Crippen molar-refractivity contribution >= 4 is 22.7 Å². The summed E-state index contributed by atoms with van der Waals surface area (Å²) in [4.78, 5) is 0. The number of nitrogens with one attached hydrogen (secondary N) is 2. The first kappa shape index (κ1) is 11.8. The van der Waals surface area contributed by atoms with Crippen LogP contribution in [0.4, 0.5) is 0 Å². The predicted molar refractivity (Wildman–Crippen MR) is 72.2 cm³/mol. The highest BCUT2D eigenvalue weighted by Gasteiger charge is 2.22. The number of hydrogen-bond acceptors (Lipinski definition) is 4. The second-order valence-corrected chi connectivity index (χ2v) is 5.21. The van der Waals surface area contributed by atoms with Crippen LogP contribution in [-0.4, -0.2) is 14.1 Å². The summed E-state index contributed by atoms with van der Waals surface area (Å²) in [6.45, 7) is 0. The number of likely N-dealkylation sites (N-methyl/N-ethyl adjacent to an activating group) is 2. The fourth-order valence-electron chi connectivity index (χ4n) is 1.96. The summed E-state index contributed by atoms with van der Waals surface area (Å²) >= 11 is 3.49. The van der Waals surface area contributed by atoms with Gasteiger partial charge in [0.1, 0.15) is 0 Å². The number of thiophene rings is 2. The molecule has 2 aromatic rings. The van der Waals surface area contributed by atoms with E-state index in [1.165, 1.54) is 11.1 Å². The molecule has 0 fully saturated rings. The maximum Gasteiger partial charge on any atom is 0.0524 e. The fraction of sp³-hybridized carbons (Fsp3) is 0.333. The maximum absolute atomic E-state index is 3.39. The van der Waals surface area contributed by atoms with Gasteiger partial charge in [-0.15, -0.1) is 0 Å². The van der Waals surface area contributed by atoms with E-state index in [1.54, 1.807) is 22.7 Å². The molecule has 0 radical (unpaired) electrons.